The van der Waals surface area contributed by atoms with E-state index < -0.39 is 17.5 Å². The normalized spacial score (nSPS) is 31.4. The zero-order chi connectivity index (χ0) is 10.8. The third-order valence-electron chi connectivity index (χ3n) is 2.64. The summed E-state index contributed by atoms with van der Waals surface area (Å²) in [5, 5.41) is 18.7. The summed E-state index contributed by atoms with van der Waals surface area (Å²) >= 11 is 0. The summed E-state index contributed by atoms with van der Waals surface area (Å²) < 4.78 is 0. The Labute approximate surface area is 82.2 Å². The van der Waals surface area contributed by atoms with Gasteiger partial charge in [-0.3, -0.25) is 9.59 Å². The van der Waals surface area contributed by atoms with Crippen LogP contribution in [0.3, 0.4) is 0 Å². The number of ketones is 1. The first-order chi connectivity index (χ1) is 6.49. The molecule has 78 valence electrons. The number of Topliss-reactive ketones (excluding diaryl/α,β-unsaturated/α-hetero) is 1. The second kappa shape index (κ2) is 3.92. The smallest absolute Gasteiger partial charge is 0.313 e. The van der Waals surface area contributed by atoms with Gasteiger partial charge in [-0.15, -0.1) is 0 Å². The molecule has 0 aliphatic heterocycles. The van der Waals surface area contributed by atoms with Crippen LogP contribution in [-0.2, 0) is 9.59 Å². The number of allylic oxidation sites excluding steroid dienone is 1. The molecule has 0 heterocycles. The third-order valence-corrected chi connectivity index (χ3v) is 2.64. The van der Waals surface area contributed by atoms with Crippen LogP contribution in [0.1, 0.15) is 26.2 Å². The van der Waals surface area contributed by atoms with Crippen molar-refractivity contribution in [1.82, 2.24) is 0 Å². The minimum Gasteiger partial charge on any atom is -0.481 e. The number of aliphatic hydroxyl groups excluding tert-OH is 1. The van der Waals surface area contributed by atoms with Gasteiger partial charge >= 0.3 is 5.97 Å². The Kier molecular flexibility index (Phi) is 3.06. The molecule has 2 unspecified atom stereocenters. The molecule has 1 aliphatic carbocycles. The molecule has 1 aliphatic rings. The zero-order valence-corrected chi connectivity index (χ0v) is 8.06. The van der Waals surface area contributed by atoms with Gasteiger partial charge < -0.3 is 10.2 Å². The van der Waals surface area contributed by atoms with E-state index in [4.69, 9.17) is 5.11 Å². The van der Waals surface area contributed by atoms with Gasteiger partial charge in [-0.25, -0.2) is 0 Å². The van der Waals surface area contributed by atoms with Crippen molar-refractivity contribution >= 4 is 11.8 Å². The maximum Gasteiger partial charge on any atom is 0.313 e. The van der Waals surface area contributed by atoms with Gasteiger partial charge in [0.25, 0.3) is 0 Å². The Bertz CT molecular complexity index is 282. The second-order valence-corrected chi connectivity index (χ2v) is 3.77. The first-order valence-corrected chi connectivity index (χ1v) is 4.55. The molecule has 0 aromatic heterocycles. The predicted molar refractivity (Wildman–Crippen MR) is 49.7 cm³/mol. The molecule has 0 saturated carbocycles. The fourth-order valence-corrected chi connectivity index (χ4v) is 1.82. The van der Waals surface area contributed by atoms with Crippen LogP contribution in [0.15, 0.2) is 12.2 Å². The van der Waals surface area contributed by atoms with Gasteiger partial charge in [-0.05, 0) is 19.8 Å². The second-order valence-electron chi connectivity index (χ2n) is 3.77. The minimum absolute atomic E-state index is 0.103. The highest BCUT2D eigenvalue weighted by Gasteiger charge is 2.46. The molecule has 4 nitrogen and oxygen atoms in total. The zero-order valence-electron chi connectivity index (χ0n) is 8.06. The maximum atomic E-state index is 11.1. The lowest BCUT2D eigenvalue weighted by molar-refractivity contribution is -0.159. The summed E-state index contributed by atoms with van der Waals surface area (Å²) in [7, 11) is 0. The highest BCUT2D eigenvalue weighted by Crippen LogP contribution is 2.37. The first-order valence-electron chi connectivity index (χ1n) is 4.55. The van der Waals surface area contributed by atoms with E-state index in [0.29, 0.717) is 6.42 Å². The first kappa shape index (κ1) is 10.9. The number of rotatable bonds is 3. The van der Waals surface area contributed by atoms with Gasteiger partial charge in [0.1, 0.15) is 11.2 Å². The molecular formula is C10H14O4. The number of aliphatic carboxylic acids is 1. The van der Waals surface area contributed by atoms with Crippen LogP contribution in [0.5, 0.6) is 0 Å². The summed E-state index contributed by atoms with van der Waals surface area (Å²) in [4.78, 5) is 22.0. The standard InChI is InChI=1S/C10H14O4/c1-7(11)6-10(9(13)14)5-3-2-4-8(10)12/h2-3,8,12H,4-6H2,1H3,(H,13,14). The van der Waals surface area contributed by atoms with Crippen molar-refractivity contribution in [3.05, 3.63) is 12.2 Å². The molecule has 0 fully saturated rings. The monoisotopic (exact) mass is 198 g/mol. The highest BCUT2D eigenvalue weighted by molar-refractivity contribution is 5.85. The van der Waals surface area contributed by atoms with Crippen LogP contribution in [-0.4, -0.2) is 28.1 Å². The summed E-state index contributed by atoms with van der Waals surface area (Å²) in [6, 6.07) is 0. The van der Waals surface area contributed by atoms with Crippen molar-refractivity contribution in [2.75, 3.05) is 0 Å². The number of carbonyl (C=O) groups excluding carboxylic acids is 1. The molecule has 0 amide bonds. The van der Waals surface area contributed by atoms with Gasteiger partial charge in [0, 0.05) is 6.42 Å². The van der Waals surface area contributed by atoms with Crippen molar-refractivity contribution in [2.45, 2.75) is 32.3 Å². The molecule has 2 atom stereocenters. The van der Waals surface area contributed by atoms with E-state index in [2.05, 4.69) is 0 Å². The van der Waals surface area contributed by atoms with E-state index in [9.17, 15) is 14.7 Å². The average Bonchev–Trinajstić information content (AvgIpc) is 2.08. The molecule has 0 bridgehead atoms. The highest BCUT2D eigenvalue weighted by atomic mass is 16.4. The predicted octanol–water partition coefficient (Wildman–Crippen LogP) is 0.747. The van der Waals surface area contributed by atoms with Gasteiger partial charge in [-0.1, -0.05) is 12.2 Å². The summed E-state index contributed by atoms with van der Waals surface area (Å²) in [5.41, 5.74) is -1.30. The van der Waals surface area contributed by atoms with Gasteiger partial charge in [0.2, 0.25) is 0 Å². The Morgan fingerprint density at radius 3 is 2.57 bits per heavy atom. The number of hydrogen-bond acceptors (Lipinski definition) is 3. The van der Waals surface area contributed by atoms with Gasteiger partial charge in [0.05, 0.1) is 6.10 Å². The van der Waals surface area contributed by atoms with Crippen LogP contribution in [0.25, 0.3) is 0 Å². The third kappa shape index (κ3) is 1.85. The Hall–Kier alpha value is -1.16. The van der Waals surface area contributed by atoms with Gasteiger partial charge in [-0.2, -0.15) is 0 Å². The molecule has 0 aromatic rings. The Morgan fingerprint density at radius 1 is 1.50 bits per heavy atom. The maximum absolute atomic E-state index is 11.1. The molecule has 14 heavy (non-hydrogen) atoms. The number of carbonyl (C=O) groups is 2. The lowest BCUT2D eigenvalue weighted by Gasteiger charge is -2.34. The minimum atomic E-state index is -1.30. The van der Waals surface area contributed by atoms with Crippen LogP contribution in [0.2, 0.25) is 0 Å². The number of carboxylic acids is 1. The molecule has 2 N–H and O–H groups in total. The van der Waals surface area contributed by atoms with Crippen molar-refractivity contribution in [3.63, 3.8) is 0 Å². The van der Waals surface area contributed by atoms with Crippen LogP contribution in [0.4, 0.5) is 0 Å². The summed E-state index contributed by atoms with van der Waals surface area (Å²) in [6.45, 7) is 1.34. The Morgan fingerprint density at radius 2 is 2.14 bits per heavy atom. The van der Waals surface area contributed by atoms with E-state index in [1.54, 1.807) is 12.2 Å². The Balaban J connectivity index is 2.96. The molecular weight excluding hydrogens is 184 g/mol. The van der Waals surface area contributed by atoms with E-state index in [0.717, 1.165) is 0 Å². The molecule has 0 saturated heterocycles. The summed E-state index contributed by atoms with van der Waals surface area (Å²) in [6.07, 6.45) is 2.92. The van der Waals surface area contributed by atoms with E-state index in [1.807, 2.05) is 0 Å². The van der Waals surface area contributed by atoms with E-state index in [-0.39, 0.29) is 18.6 Å². The van der Waals surface area contributed by atoms with Crippen molar-refractivity contribution in [1.29, 1.82) is 0 Å². The molecule has 1 rings (SSSR count). The largest absolute Gasteiger partial charge is 0.481 e. The number of carboxylic acid groups (broad SMARTS) is 1. The van der Waals surface area contributed by atoms with Crippen molar-refractivity contribution < 1.29 is 19.8 Å². The fraction of sp³-hybridized carbons (Fsp3) is 0.600. The lowest BCUT2D eigenvalue weighted by Crippen LogP contribution is -2.44. The van der Waals surface area contributed by atoms with Crippen LogP contribution < -0.4 is 0 Å². The van der Waals surface area contributed by atoms with E-state index >= 15 is 0 Å². The molecule has 0 spiro atoms. The van der Waals surface area contributed by atoms with Crippen molar-refractivity contribution in [2.24, 2.45) is 5.41 Å². The topological polar surface area (TPSA) is 74.6 Å². The molecule has 0 radical (unpaired) electrons. The summed E-state index contributed by atoms with van der Waals surface area (Å²) in [5.74, 6) is -1.30. The fourth-order valence-electron chi connectivity index (χ4n) is 1.82. The SMILES string of the molecule is CC(=O)CC1(C(=O)O)CC=CCC1O. The molecule has 4 heteroatoms. The quantitative estimate of drug-likeness (QED) is 0.656. The van der Waals surface area contributed by atoms with Gasteiger partial charge in [0.15, 0.2) is 0 Å². The number of hydrogen-bond donors (Lipinski definition) is 2. The average molecular weight is 198 g/mol. The lowest BCUT2D eigenvalue weighted by atomic mass is 9.71. The van der Waals surface area contributed by atoms with Crippen molar-refractivity contribution in [3.8, 4) is 0 Å². The van der Waals surface area contributed by atoms with E-state index in [1.165, 1.54) is 6.92 Å². The van der Waals surface area contributed by atoms with Crippen LogP contribution >= 0.6 is 0 Å². The van der Waals surface area contributed by atoms with Crippen LogP contribution in [0, 0.1) is 5.41 Å². The number of aliphatic hydroxyl groups is 1. The molecule has 0 aromatic carbocycles.